The van der Waals surface area contributed by atoms with Crippen molar-refractivity contribution < 1.29 is 8.78 Å². The molecule has 1 aliphatic rings. The summed E-state index contributed by atoms with van der Waals surface area (Å²) in [6.45, 7) is 2.92. The first-order valence-electron chi connectivity index (χ1n) is 5.07. The number of alkyl halides is 2. The molecule has 1 aliphatic heterocycles. The molecular formula is C9H14F2N4. The van der Waals surface area contributed by atoms with Crippen LogP contribution in [-0.4, -0.2) is 39.1 Å². The van der Waals surface area contributed by atoms with Crippen molar-refractivity contribution in [3.63, 3.8) is 0 Å². The fourth-order valence-electron chi connectivity index (χ4n) is 1.97. The van der Waals surface area contributed by atoms with Crippen LogP contribution in [0.25, 0.3) is 0 Å². The van der Waals surface area contributed by atoms with E-state index in [1.54, 1.807) is 11.8 Å². The molecule has 6 heteroatoms. The zero-order valence-corrected chi connectivity index (χ0v) is 8.58. The lowest BCUT2D eigenvalue weighted by Gasteiger charge is -2.21. The van der Waals surface area contributed by atoms with Gasteiger partial charge in [0.2, 0.25) is 0 Å². The largest absolute Gasteiger partial charge is 0.287 e. The fraction of sp³-hybridized carbons (Fsp3) is 0.778. The van der Waals surface area contributed by atoms with Gasteiger partial charge in [0.25, 0.3) is 6.43 Å². The maximum Gasteiger partial charge on any atom is 0.253 e. The normalized spacial score (nSPS) is 22.8. The molecule has 1 atom stereocenters. The molecule has 0 aliphatic carbocycles. The molecule has 0 radical (unpaired) electrons. The van der Waals surface area contributed by atoms with Gasteiger partial charge in [-0.25, -0.2) is 13.8 Å². The molecule has 1 N–H and O–H groups in total. The van der Waals surface area contributed by atoms with E-state index in [0.29, 0.717) is 25.3 Å². The third-order valence-corrected chi connectivity index (χ3v) is 2.69. The fourth-order valence-corrected chi connectivity index (χ4v) is 1.97. The lowest BCUT2D eigenvalue weighted by Crippen LogP contribution is -2.34. The van der Waals surface area contributed by atoms with Crippen molar-refractivity contribution >= 4 is 0 Å². The van der Waals surface area contributed by atoms with E-state index in [9.17, 15) is 8.78 Å². The van der Waals surface area contributed by atoms with Crippen LogP contribution in [0.4, 0.5) is 8.78 Å². The minimum Gasteiger partial charge on any atom is -0.287 e. The molecule has 15 heavy (non-hydrogen) atoms. The molecule has 1 fully saturated rings. The van der Waals surface area contributed by atoms with E-state index in [4.69, 9.17) is 0 Å². The van der Waals surface area contributed by atoms with Gasteiger partial charge >= 0.3 is 0 Å². The summed E-state index contributed by atoms with van der Waals surface area (Å²) in [7, 11) is 0. The van der Waals surface area contributed by atoms with Gasteiger partial charge < -0.3 is 0 Å². The number of nitrogens with zero attached hydrogens (tertiary/aromatic N) is 3. The monoisotopic (exact) mass is 216 g/mol. The first-order chi connectivity index (χ1) is 7.16. The molecule has 84 valence electrons. The van der Waals surface area contributed by atoms with E-state index in [1.807, 2.05) is 0 Å². The molecule has 1 aromatic rings. The maximum atomic E-state index is 12.6. The Bertz CT molecular complexity index is 326. The Morgan fingerprint density at radius 3 is 3.00 bits per heavy atom. The highest BCUT2D eigenvalue weighted by molar-refractivity contribution is 4.91. The molecule has 0 bridgehead atoms. The number of aromatic amines is 1. The van der Waals surface area contributed by atoms with Crippen LogP contribution >= 0.6 is 0 Å². The molecule has 2 heterocycles. The summed E-state index contributed by atoms with van der Waals surface area (Å²) < 4.78 is 25.2. The molecule has 0 saturated carbocycles. The van der Waals surface area contributed by atoms with Crippen molar-refractivity contribution in [3.05, 3.63) is 11.6 Å². The molecule has 0 unspecified atom stereocenters. The van der Waals surface area contributed by atoms with Gasteiger partial charge in [0.1, 0.15) is 5.82 Å². The number of H-pyrrole nitrogens is 1. The summed E-state index contributed by atoms with van der Waals surface area (Å²) in [5.74, 6) is 1.32. The van der Waals surface area contributed by atoms with Crippen LogP contribution < -0.4 is 0 Å². The summed E-state index contributed by atoms with van der Waals surface area (Å²) in [6, 6.07) is -0.621. The van der Waals surface area contributed by atoms with Gasteiger partial charge in [-0.3, -0.25) is 10.00 Å². The van der Waals surface area contributed by atoms with Crippen molar-refractivity contribution in [1.82, 2.24) is 20.1 Å². The summed E-state index contributed by atoms with van der Waals surface area (Å²) in [5.41, 5.74) is 0. The minimum absolute atomic E-state index is 0.416. The van der Waals surface area contributed by atoms with Crippen LogP contribution in [0.5, 0.6) is 0 Å². The summed E-state index contributed by atoms with van der Waals surface area (Å²) in [4.78, 5) is 5.87. The molecule has 0 spiro atoms. The standard InChI is InChI=1S/C9H14F2N4/c1-6-12-8(14-13-6)5-15-4-2-3-7(15)9(10)11/h7,9H,2-5H2,1H3,(H,12,13,14)/t7-/m1/s1. The third kappa shape index (κ3) is 2.31. The van der Waals surface area contributed by atoms with Gasteiger partial charge in [0.05, 0.1) is 12.6 Å². The van der Waals surface area contributed by atoms with Gasteiger partial charge in [0.15, 0.2) is 5.82 Å². The first-order valence-corrected chi connectivity index (χ1v) is 5.07. The molecule has 1 aromatic heterocycles. The number of rotatable bonds is 3. The number of halogens is 2. The molecule has 0 aromatic carbocycles. The predicted octanol–water partition coefficient (Wildman–Crippen LogP) is 1.34. The number of hydrogen-bond acceptors (Lipinski definition) is 3. The number of likely N-dealkylation sites (tertiary alicyclic amines) is 1. The van der Waals surface area contributed by atoms with Gasteiger partial charge in [-0.2, -0.15) is 5.10 Å². The zero-order valence-electron chi connectivity index (χ0n) is 8.58. The Balaban J connectivity index is 1.99. The van der Waals surface area contributed by atoms with E-state index in [0.717, 1.165) is 12.2 Å². The maximum absolute atomic E-state index is 12.6. The second-order valence-corrected chi connectivity index (χ2v) is 3.85. The zero-order chi connectivity index (χ0) is 10.8. The summed E-state index contributed by atoms with van der Waals surface area (Å²) in [6.07, 6.45) is -0.869. The predicted molar refractivity (Wildman–Crippen MR) is 50.6 cm³/mol. The quantitative estimate of drug-likeness (QED) is 0.829. The Kier molecular flexibility index (Phi) is 2.95. The Labute approximate surface area is 86.7 Å². The molecular weight excluding hydrogens is 202 g/mol. The first kappa shape index (κ1) is 10.5. The summed E-state index contributed by atoms with van der Waals surface area (Å²) >= 11 is 0. The SMILES string of the molecule is Cc1nc(CN2CCC[C@@H]2C(F)F)n[nH]1. The van der Waals surface area contributed by atoms with Gasteiger partial charge in [-0.1, -0.05) is 0 Å². The van der Waals surface area contributed by atoms with Crippen molar-refractivity contribution in [2.45, 2.75) is 38.8 Å². The Hall–Kier alpha value is -1.04. The van der Waals surface area contributed by atoms with E-state index in [-0.39, 0.29) is 0 Å². The highest BCUT2D eigenvalue weighted by Crippen LogP contribution is 2.23. The molecule has 4 nitrogen and oxygen atoms in total. The third-order valence-electron chi connectivity index (χ3n) is 2.69. The van der Waals surface area contributed by atoms with Crippen molar-refractivity contribution in [2.24, 2.45) is 0 Å². The van der Waals surface area contributed by atoms with Crippen molar-refractivity contribution in [1.29, 1.82) is 0 Å². The average Bonchev–Trinajstić information content (AvgIpc) is 2.75. The van der Waals surface area contributed by atoms with Crippen LogP contribution in [0, 0.1) is 6.92 Å². The second-order valence-electron chi connectivity index (χ2n) is 3.85. The highest BCUT2D eigenvalue weighted by atomic mass is 19.3. The highest BCUT2D eigenvalue weighted by Gasteiger charge is 2.32. The number of aryl methyl sites for hydroxylation is 1. The van der Waals surface area contributed by atoms with E-state index >= 15 is 0 Å². The van der Waals surface area contributed by atoms with E-state index in [1.165, 1.54) is 0 Å². The number of hydrogen-bond donors (Lipinski definition) is 1. The summed E-state index contributed by atoms with van der Waals surface area (Å²) in [5, 5.41) is 6.66. The lowest BCUT2D eigenvalue weighted by atomic mass is 10.2. The van der Waals surface area contributed by atoms with Gasteiger partial charge in [0, 0.05) is 0 Å². The van der Waals surface area contributed by atoms with Crippen LogP contribution in [0.2, 0.25) is 0 Å². The smallest absolute Gasteiger partial charge is 0.253 e. The number of aromatic nitrogens is 3. The second kappa shape index (κ2) is 4.22. The Morgan fingerprint density at radius 2 is 2.40 bits per heavy atom. The van der Waals surface area contributed by atoms with Crippen molar-refractivity contribution in [2.75, 3.05) is 6.54 Å². The van der Waals surface area contributed by atoms with E-state index in [2.05, 4.69) is 15.2 Å². The molecule has 2 rings (SSSR count). The van der Waals surface area contributed by atoms with Gasteiger partial charge in [-0.15, -0.1) is 0 Å². The average molecular weight is 216 g/mol. The number of nitrogens with one attached hydrogen (secondary N) is 1. The van der Waals surface area contributed by atoms with Crippen LogP contribution in [-0.2, 0) is 6.54 Å². The van der Waals surface area contributed by atoms with Crippen LogP contribution in [0.1, 0.15) is 24.5 Å². The molecule has 0 amide bonds. The molecule has 1 saturated heterocycles. The topological polar surface area (TPSA) is 44.8 Å². The minimum atomic E-state index is -2.27. The lowest BCUT2D eigenvalue weighted by molar-refractivity contribution is 0.0430. The van der Waals surface area contributed by atoms with Gasteiger partial charge in [-0.05, 0) is 26.3 Å². The van der Waals surface area contributed by atoms with E-state index < -0.39 is 12.5 Å². The van der Waals surface area contributed by atoms with Crippen LogP contribution in [0.15, 0.2) is 0 Å². The van der Waals surface area contributed by atoms with Crippen molar-refractivity contribution in [3.8, 4) is 0 Å². The van der Waals surface area contributed by atoms with Crippen LogP contribution in [0.3, 0.4) is 0 Å². The Morgan fingerprint density at radius 1 is 1.60 bits per heavy atom.